The fourth-order valence-electron chi connectivity index (χ4n) is 9.09. The van der Waals surface area contributed by atoms with Crippen molar-refractivity contribution in [2.75, 3.05) is 9.80 Å². The standard InChI is InChI=1S/C51H34N2O/c1-2-12-38(13-3-1)53(39-28-24-36(25-29-39)35-22-26-37(27-23-35)52-32-33-54-50-21-11-10-20-49(50)52)40-30-31-44-43-16-6-9-19-47(43)51(48(44)34-40)45-17-7-4-14-41(45)42-15-5-8-18-46(42)51/h1-34H. The number of para-hydroxylation sites is 3. The van der Waals surface area contributed by atoms with Crippen LogP contribution in [0.5, 0.6) is 5.75 Å². The van der Waals surface area contributed by atoms with Gasteiger partial charge in [0.05, 0.1) is 11.1 Å². The van der Waals surface area contributed by atoms with Gasteiger partial charge in [0.15, 0.2) is 5.75 Å². The first kappa shape index (κ1) is 30.5. The van der Waals surface area contributed by atoms with Gasteiger partial charge in [0.2, 0.25) is 0 Å². The van der Waals surface area contributed by atoms with E-state index in [4.69, 9.17) is 4.74 Å². The van der Waals surface area contributed by atoms with Gasteiger partial charge in [-0.3, -0.25) is 0 Å². The Bertz CT molecular complexity index is 2680. The molecule has 0 saturated heterocycles. The van der Waals surface area contributed by atoms with Crippen LogP contribution in [-0.2, 0) is 5.41 Å². The monoisotopic (exact) mass is 690 g/mol. The van der Waals surface area contributed by atoms with Crippen molar-refractivity contribution in [2.24, 2.45) is 0 Å². The third-order valence-corrected chi connectivity index (χ3v) is 11.4. The van der Waals surface area contributed by atoms with Crippen LogP contribution in [0.2, 0.25) is 0 Å². The summed E-state index contributed by atoms with van der Waals surface area (Å²) in [6.45, 7) is 0. The Labute approximate surface area is 315 Å². The molecule has 1 heterocycles. The van der Waals surface area contributed by atoms with Crippen LogP contribution in [0.3, 0.4) is 0 Å². The van der Waals surface area contributed by atoms with E-state index in [1.54, 1.807) is 6.26 Å². The molecule has 0 atom stereocenters. The van der Waals surface area contributed by atoms with Crippen molar-refractivity contribution in [3.8, 4) is 39.1 Å². The zero-order chi connectivity index (χ0) is 35.6. The molecule has 1 aliphatic heterocycles. The van der Waals surface area contributed by atoms with Crippen LogP contribution in [0.4, 0.5) is 28.4 Å². The van der Waals surface area contributed by atoms with Crippen molar-refractivity contribution in [1.82, 2.24) is 0 Å². The lowest BCUT2D eigenvalue weighted by Crippen LogP contribution is -2.26. The van der Waals surface area contributed by atoms with Gasteiger partial charge in [-0.15, -0.1) is 0 Å². The van der Waals surface area contributed by atoms with E-state index < -0.39 is 5.41 Å². The molecule has 0 bridgehead atoms. The minimum Gasteiger partial charge on any atom is -0.461 e. The van der Waals surface area contributed by atoms with Crippen molar-refractivity contribution in [2.45, 2.75) is 5.41 Å². The van der Waals surface area contributed by atoms with Crippen molar-refractivity contribution >= 4 is 28.4 Å². The maximum atomic E-state index is 5.73. The maximum absolute atomic E-state index is 5.73. The van der Waals surface area contributed by atoms with Gasteiger partial charge < -0.3 is 14.5 Å². The molecule has 3 aliphatic rings. The van der Waals surface area contributed by atoms with E-state index in [9.17, 15) is 0 Å². The van der Waals surface area contributed by atoms with Crippen molar-refractivity contribution < 1.29 is 4.74 Å². The molecular weight excluding hydrogens is 657 g/mol. The molecule has 0 saturated carbocycles. The molecule has 254 valence electrons. The molecule has 3 heteroatoms. The Hall–Kier alpha value is -7.10. The summed E-state index contributed by atoms with van der Waals surface area (Å²) in [7, 11) is 0. The molecule has 1 spiro atoms. The van der Waals surface area contributed by atoms with Crippen molar-refractivity contribution in [1.29, 1.82) is 0 Å². The number of fused-ring (bicyclic) bond motifs is 11. The van der Waals surface area contributed by atoms with Crippen molar-refractivity contribution in [3.63, 3.8) is 0 Å². The highest BCUT2D eigenvalue weighted by Crippen LogP contribution is 2.63. The van der Waals surface area contributed by atoms with Crippen LogP contribution in [0.15, 0.2) is 207 Å². The fourth-order valence-corrected chi connectivity index (χ4v) is 9.09. The minimum atomic E-state index is -0.396. The molecule has 0 fully saturated rings. The lowest BCUT2D eigenvalue weighted by atomic mass is 9.70. The Morgan fingerprint density at radius 2 is 0.907 bits per heavy atom. The largest absolute Gasteiger partial charge is 0.461 e. The second-order valence-electron chi connectivity index (χ2n) is 14.1. The third kappa shape index (κ3) is 4.42. The van der Waals surface area contributed by atoms with Crippen molar-refractivity contribution in [3.05, 3.63) is 229 Å². The maximum Gasteiger partial charge on any atom is 0.150 e. The van der Waals surface area contributed by atoms with Gasteiger partial charge in [-0.1, -0.05) is 133 Å². The molecule has 0 aromatic heterocycles. The van der Waals surface area contributed by atoms with Crippen LogP contribution in [0, 0.1) is 0 Å². The molecule has 0 radical (unpaired) electrons. The second kappa shape index (κ2) is 12.0. The molecule has 8 aromatic carbocycles. The Kier molecular flexibility index (Phi) is 6.77. The van der Waals surface area contributed by atoms with Gasteiger partial charge in [0.1, 0.15) is 6.26 Å². The summed E-state index contributed by atoms with van der Waals surface area (Å²) in [6, 6.07) is 70.6. The topological polar surface area (TPSA) is 15.7 Å². The first-order valence-electron chi connectivity index (χ1n) is 18.5. The predicted octanol–water partition coefficient (Wildman–Crippen LogP) is 13.2. The molecule has 2 aliphatic carbocycles. The number of hydrogen-bond acceptors (Lipinski definition) is 3. The highest BCUT2D eigenvalue weighted by molar-refractivity contribution is 5.96. The van der Waals surface area contributed by atoms with Crippen LogP contribution >= 0.6 is 0 Å². The number of nitrogens with zero attached hydrogens (tertiary/aromatic N) is 2. The summed E-state index contributed by atoms with van der Waals surface area (Å²) < 4.78 is 5.73. The van der Waals surface area contributed by atoms with Crippen LogP contribution < -0.4 is 14.5 Å². The minimum absolute atomic E-state index is 0.396. The second-order valence-corrected chi connectivity index (χ2v) is 14.1. The van der Waals surface area contributed by atoms with Gasteiger partial charge in [-0.2, -0.15) is 0 Å². The number of anilines is 5. The summed E-state index contributed by atoms with van der Waals surface area (Å²) in [5, 5.41) is 0. The normalized spacial score (nSPS) is 13.7. The summed E-state index contributed by atoms with van der Waals surface area (Å²) in [6.07, 6.45) is 3.70. The molecule has 3 nitrogen and oxygen atoms in total. The van der Waals surface area contributed by atoms with Gasteiger partial charge >= 0.3 is 0 Å². The average Bonchev–Trinajstić information content (AvgIpc) is 3.71. The number of benzene rings is 8. The predicted molar refractivity (Wildman–Crippen MR) is 221 cm³/mol. The van der Waals surface area contributed by atoms with Gasteiger partial charge in [-0.05, 0) is 116 Å². The average molecular weight is 691 g/mol. The van der Waals surface area contributed by atoms with E-state index in [1.165, 1.54) is 50.1 Å². The van der Waals surface area contributed by atoms with E-state index >= 15 is 0 Å². The van der Waals surface area contributed by atoms with E-state index in [0.717, 1.165) is 39.7 Å². The highest BCUT2D eigenvalue weighted by atomic mass is 16.5. The van der Waals surface area contributed by atoms with Crippen LogP contribution in [0.25, 0.3) is 33.4 Å². The molecular formula is C51H34N2O. The fraction of sp³-hybridized carbons (Fsp3) is 0.0196. The molecule has 11 rings (SSSR count). The molecule has 0 amide bonds. The first-order valence-corrected chi connectivity index (χ1v) is 18.5. The summed E-state index contributed by atoms with van der Waals surface area (Å²) in [4.78, 5) is 4.55. The summed E-state index contributed by atoms with van der Waals surface area (Å²) in [5.41, 5.74) is 18.0. The number of rotatable bonds is 5. The Morgan fingerprint density at radius 3 is 1.56 bits per heavy atom. The third-order valence-electron chi connectivity index (χ3n) is 11.4. The van der Waals surface area contributed by atoms with Gasteiger partial charge in [0.25, 0.3) is 0 Å². The number of hydrogen-bond donors (Lipinski definition) is 0. The zero-order valence-electron chi connectivity index (χ0n) is 29.4. The van der Waals surface area contributed by atoms with E-state index in [2.05, 4.69) is 186 Å². The lowest BCUT2D eigenvalue weighted by Gasteiger charge is -2.32. The molecule has 0 N–H and O–H groups in total. The molecule has 8 aromatic rings. The lowest BCUT2D eigenvalue weighted by molar-refractivity contribution is 0.473. The zero-order valence-corrected chi connectivity index (χ0v) is 29.4. The van der Waals surface area contributed by atoms with Crippen LogP contribution in [0.1, 0.15) is 22.3 Å². The smallest absolute Gasteiger partial charge is 0.150 e. The van der Waals surface area contributed by atoms with Crippen LogP contribution in [-0.4, -0.2) is 0 Å². The first-order chi connectivity index (χ1) is 26.8. The van der Waals surface area contributed by atoms with Gasteiger partial charge in [-0.25, -0.2) is 0 Å². The van der Waals surface area contributed by atoms with Gasteiger partial charge in [0, 0.05) is 28.9 Å². The Balaban J connectivity index is 1.01. The quantitative estimate of drug-likeness (QED) is 0.179. The summed E-state index contributed by atoms with van der Waals surface area (Å²) >= 11 is 0. The summed E-state index contributed by atoms with van der Waals surface area (Å²) in [5.74, 6) is 0.851. The highest BCUT2D eigenvalue weighted by Gasteiger charge is 2.51. The van der Waals surface area contributed by atoms with E-state index in [1.807, 2.05) is 24.4 Å². The Morgan fingerprint density at radius 1 is 0.407 bits per heavy atom. The number of ether oxygens (including phenoxy) is 1. The molecule has 0 unspecified atom stereocenters. The van der Waals surface area contributed by atoms with E-state index in [0.29, 0.717) is 0 Å². The van der Waals surface area contributed by atoms with E-state index in [-0.39, 0.29) is 0 Å². The molecule has 54 heavy (non-hydrogen) atoms. The SMILES string of the molecule is C1=CN(c2ccc(-c3ccc(N(c4ccccc4)c4ccc5c(c4)C4(c6ccccc6-c6ccccc64)c4ccccc4-5)cc3)cc2)c2ccccc2O1.